The van der Waals surface area contributed by atoms with E-state index in [1.807, 2.05) is 55.5 Å². The van der Waals surface area contributed by atoms with Gasteiger partial charge in [-0.1, -0.05) is 24.3 Å². The van der Waals surface area contributed by atoms with E-state index in [1.165, 1.54) is 0 Å². The number of carbonyl (C=O) groups excluding carboxylic acids is 1. The summed E-state index contributed by atoms with van der Waals surface area (Å²) in [4.78, 5) is 11.8. The smallest absolute Gasteiger partial charge is 0.238 e. The van der Waals surface area contributed by atoms with Crippen LogP contribution in [0.15, 0.2) is 48.5 Å². The third-order valence-corrected chi connectivity index (χ3v) is 3.05. The van der Waals surface area contributed by atoms with Gasteiger partial charge in [-0.2, -0.15) is 0 Å². The molecule has 0 aliphatic carbocycles. The second-order valence-electron chi connectivity index (χ2n) is 4.87. The van der Waals surface area contributed by atoms with Gasteiger partial charge in [0.05, 0.1) is 13.7 Å². The van der Waals surface area contributed by atoms with Crippen molar-refractivity contribution in [1.29, 1.82) is 0 Å². The Hall–Kier alpha value is -2.33. The molecule has 4 heteroatoms. The van der Waals surface area contributed by atoms with Crippen molar-refractivity contribution in [2.75, 3.05) is 19.0 Å². The number of aryl methyl sites for hydroxylation is 1. The van der Waals surface area contributed by atoms with Crippen molar-refractivity contribution < 1.29 is 9.53 Å². The average Bonchev–Trinajstić information content (AvgIpc) is 2.47. The third kappa shape index (κ3) is 4.93. The molecule has 0 atom stereocenters. The van der Waals surface area contributed by atoms with Gasteiger partial charge in [-0.05, 0) is 42.3 Å². The summed E-state index contributed by atoms with van der Waals surface area (Å²) in [5.74, 6) is 0.766. The minimum atomic E-state index is -0.0523. The number of hydrogen-bond acceptors (Lipinski definition) is 3. The SMILES string of the molecule is COc1cccc(CNCC(=O)Nc2cccc(C)c2)c1. The normalized spacial score (nSPS) is 10.2. The molecule has 0 heterocycles. The monoisotopic (exact) mass is 284 g/mol. The Kier molecular flexibility index (Phi) is 5.35. The lowest BCUT2D eigenvalue weighted by Crippen LogP contribution is -2.27. The standard InChI is InChI=1S/C17H20N2O2/c1-13-5-3-7-15(9-13)19-17(20)12-18-11-14-6-4-8-16(10-14)21-2/h3-10,18H,11-12H2,1-2H3,(H,19,20). The number of nitrogens with one attached hydrogen (secondary N) is 2. The van der Waals surface area contributed by atoms with Gasteiger partial charge in [0.2, 0.25) is 5.91 Å². The predicted octanol–water partition coefficient (Wildman–Crippen LogP) is 2.73. The van der Waals surface area contributed by atoms with Crippen LogP contribution in [0.1, 0.15) is 11.1 Å². The molecule has 2 aromatic rings. The topological polar surface area (TPSA) is 50.4 Å². The van der Waals surface area contributed by atoms with Gasteiger partial charge in [0.25, 0.3) is 0 Å². The highest BCUT2D eigenvalue weighted by Gasteiger charge is 2.02. The molecule has 0 saturated heterocycles. The summed E-state index contributed by atoms with van der Waals surface area (Å²) in [6.45, 7) is 2.89. The van der Waals surface area contributed by atoms with Crippen molar-refractivity contribution >= 4 is 11.6 Å². The number of ether oxygens (including phenoxy) is 1. The molecule has 0 radical (unpaired) electrons. The van der Waals surface area contributed by atoms with Crippen molar-refractivity contribution in [1.82, 2.24) is 5.32 Å². The van der Waals surface area contributed by atoms with Gasteiger partial charge in [-0.25, -0.2) is 0 Å². The lowest BCUT2D eigenvalue weighted by molar-refractivity contribution is -0.115. The number of carbonyl (C=O) groups is 1. The molecular weight excluding hydrogens is 264 g/mol. The Bertz CT molecular complexity index is 611. The van der Waals surface area contributed by atoms with E-state index < -0.39 is 0 Å². The summed E-state index contributed by atoms with van der Waals surface area (Å²) < 4.78 is 5.17. The fourth-order valence-electron chi connectivity index (χ4n) is 2.03. The summed E-state index contributed by atoms with van der Waals surface area (Å²) in [7, 11) is 1.64. The van der Waals surface area contributed by atoms with E-state index in [4.69, 9.17) is 4.74 Å². The summed E-state index contributed by atoms with van der Waals surface area (Å²) in [6, 6.07) is 15.5. The van der Waals surface area contributed by atoms with Gasteiger partial charge < -0.3 is 15.4 Å². The van der Waals surface area contributed by atoms with Crippen LogP contribution < -0.4 is 15.4 Å². The molecule has 110 valence electrons. The van der Waals surface area contributed by atoms with Gasteiger partial charge in [0, 0.05) is 12.2 Å². The van der Waals surface area contributed by atoms with Crippen molar-refractivity contribution in [3.8, 4) is 5.75 Å². The zero-order valence-corrected chi connectivity index (χ0v) is 12.3. The highest BCUT2D eigenvalue weighted by atomic mass is 16.5. The fourth-order valence-corrected chi connectivity index (χ4v) is 2.03. The van der Waals surface area contributed by atoms with Crippen LogP contribution in [0, 0.1) is 6.92 Å². The van der Waals surface area contributed by atoms with Crippen molar-refractivity contribution in [3.63, 3.8) is 0 Å². The van der Waals surface area contributed by atoms with E-state index in [-0.39, 0.29) is 12.5 Å². The maximum absolute atomic E-state index is 11.8. The molecule has 21 heavy (non-hydrogen) atoms. The van der Waals surface area contributed by atoms with Crippen molar-refractivity contribution in [2.24, 2.45) is 0 Å². The van der Waals surface area contributed by atoms with E-state index in [0.717, 1.165) is 22.6 Å². The first-order chi connectivity index (χ1) is 10.2. The van der Waals surface area contributed by atoms with E-state index in [9.17, 15) is 4.79 Å². The Morgan fingerprint density at radius 2 is 1.95 bits per heavy atom. The number of anilines is 1. The molecular formula is C17H20N2O2. The third-order valence-electron chi connectivity index (χ3n) is 3.05. The highest BCUT2D eigenvalue weighted by Crippen LogP contribution is 2.12. The zero-order chi connectivity index (χ0) is 15.1. The highest BCUT2D eigenvalue weighted by molar-refractivity contribution is 5.92. The van der Waals surface area contributed by atoms with Crippen LogP contribution in [0.4, 0.5) is 5.69 Å². The lowest BCUT2D eigenvalue weighted by Gasteiger charge is -2.08. The zero-order valence-electron chi connectivity index (χ0n) is 12.3. The largest absolute Gasteiger partial charge is 0.497 e. The van der Waals surface area contributed by atoms with Crippen LogP contribution in [0.2, 0.25) is 0 Å². The summed E-state index contributed by atoms with van der Waals surface area (Å²) >= 11 is 0. The fraction of sp³-hybridized carbons (Fsp3) is 0.235. The van der Waals surface area contributed by atoms with Crippen LogP contribution in [0.25, 0.3) is 0 Å². The molecule has 0 spiro atoms. The molecule has 2 N–H and O–H groups in total. The van der Waals surface area contributed by atoms with Gasteiger partial charge in [-0.15, -0.1) is 0 Å². The van der Waals surface area contributed by atoms with Gasteiger partial charge in [-0.3, -0.25) is 4.79 Å². The first-order valence-corrected chi connectivity index (χ1v) is 6.87. The maximum atomic E-state index is 11.8. The van der Waals surface area contributed by atoms with E-state index in [0.29, 0.717) is 6.54 Å². The number of rotatable bonds is 6. The second kappa shape index (κ2) is 7.45. The van der Waals surface area contributed by atoms with Crippen LogP contribution in [0.3, 0.4) is 0 Å². The van der Waals surface area contributed by atoms with Gasteiger partial charge in [0.15, 0.2) is 0 Å². The molecule has 0 bridgehead atoms. The number of amides is 1. The van der Waals surface area contributed by atoms with Crippen LogP contribution in [0.5, 0.6) is 5.75 Å². The molecule has 2 rings (SSSR count). The molecule has 0 aliphatic heterocycles. The first-order valence-electron chi connectivity index (χ1n) is 6.87. The van der Waals surface area contributed by atoms with Crippen molar-refractivity contribution in [2.45, 2.75) is 13.5 Å². The Morgan fingerprint density at radius 3 is 2.71 bits per heavy atom. The minimum absolute atomic E-state index is 0.0523. The molecule has 0 aromatic heterocycles. The molecule has 0 aliphatic rings. The first kappa shape index (κ1) is 15.1. The quantitative estimate of drug-likeness (QED) is 0.857. The minimum Gasteiger partial charge on any atom is -0.497 e. The van der Waals surface area contributed by atoms with Gasteiger partial charge >= 0.3 is 0 Å². The molecule has 1 amide bonds. The number of methoxy groups -OCH3 is 1. The second-order valence-corrected chi connectivity index (χ2v) is 4.87. The maximum Gasteiger partial charge on any atom is 0.238 e. The molecule has 2 aromatic carbocycles. The van der Waals surface area contributed by atoms with E-state index in [1.54, 1.807) is 7.11 Å². The van der Waals surface area contributed by atoms with Crippen molar-refractivity contribution in [3.05, 3.63) is 59.7 Å². The van der Waals surface area contributed by atoms with Crippen LogP contribution in [-0.2, 0) is 11.3 Å². The Labute approximate surface area is 125 Å². The molecule has 0 fully saturated rings. The van der Waals surface area contributed by atoms with E-state index >= 15 is 0 Å². The molecule has 4 nitrogen and oxygen atoms in total. The number of benzene rings is 2. The number of hydrogen-bond donors (Lipinski definition) is 2. The average molecular weight is 284 g/mol. The molecule has 0 unspecified atom stereocenters. The summed E-state index contributed by atoms with van der Waals surface area (Å²) in [5.41, 5.74) is 3.03. The van der Waals surface area contributed by atoms with Crippen LogP contribution >= 0.6 is 0 Å². The summed E-state index contributed by atoms with van der Waals surface area (Å²) in [6.07, 6.45) is 0. The van der Waals surface area contributed by atoms with Gasteiger partial charge in [0.1, 0.15) is 5.75 Å². The predicted molar refractivity (Wildman–Crippen MR) is 84.5 cm³/mol. The Balaban J connectivity index is 1.79. The Morgan fingerprint density at radius 1 is 1.14 bits per heavy atom. The van der Waals surface area contributed by atoms with Crippen LogP contribution in [-0.4, -0.2) is 19.6 Å². The van der Waals surface area contributed by atoms with E-state index in [2.05, 4.69) is 10.6 Å². The summed E-state index contributed by atoms with van der Waals surface area (Å²) in [5, 5.41) is 5.99. The molecule has 0 saturated carbocycles. The lowest BCUT2D eigenvalue weighted by atomic mass is 10.2.